The van der Waals surface area contributed by atoms with Crippen molar-refractivity contribution in [1.29, 1.82) is 0 Å². The number of benzene rings is 2. The normalized spacial score (nSPS) is 15.5. The van der Waals surface area contributed by atoms with Crippen LogP contribution in [0.25, 0.3) is 0 Å². The molecule has 5 nitrogen and oxygen atoms in total. The molecule has 3 rings (SSSR count). The Hall–Kier alpha value is -2.18. The molecule has 1 fully saturated rings. The van der Waals surface area contributed by atoms with Crippen LogP contribution in [-0.2, 0) is 32.5 Å². The molecule has 0 bridgehead atoms. The van der Waals surface area contributed by atoms with Crippen molar-refractivity contribution in [3.05, 3.63) is 59.7 Å². The van der Waals surface area contributed by atoms with Crippen LogP contribution in [0.15, 0.2) is 48.5 Å². The number of hydrogen-bond acceptors (Lipinski definition) is 4. The average Bonchev–Trinajstić information content (AvgIpc) is 2.78. The monoisotopic (exact) mass is 429 g/mol. The molecule has 0 spiro atoms. The van der Waals surface area contributed by atoms with Gasteiger partial charge in [-0.2, -0.15) is 0 Å². The van der Waals surface area contributed by atoms with Crippen molar-refractivity contribution in [2.45, 2.75) is 49.5 Å². The summed E-state index contributed by atoms with van der Waals surface area (Å²) >= 11 is 0. The van der Waals surface area contributed by atoms with Crippen LogP contribution in [-0.4, -0.2) is 35.7 Å². The molecule has 1 aliphatic rings. The molecule has 162 valence electrons. The van der Waals surface area contributed by atoms with Crippen molar-refractivity contribution in [2.75, 3.05) is 25.6 Å². The van der Waals surface area contributed by atoms with Gasteiger partial charge in [-0.3, -0.25) is 9.00 Å². The molecule has 1 atom stereocenters. The largest absolute Gasteiger partial charge is 0.497 e. The first kappa shape index (κ1) is 22.5. The molecule has 0 aliphatic carbocycles. The quantitative estimate of drug-likeness (QED) is 0.566. The third kappa shape index (κ3) is 7.26. The number of methoxy groups -OCH3 is 1. The van der Waals surface area contributed by atoms with Gasteiger partial charge in [-0.1, -0.05) is 24.3 Å². The van der Waals surface area contributed by atoms with Crippen LogP contribution in [0.4, 0.5) is 5.69 Å². The first-order valence-corrected chi connectivity index (χ1v) is 12.0. The van der Waals surface area contributed by atoms with Crippen molar-refractivity contribution in [3.63, 3.8) is 0 Å². The number of carbonyl (C=O) groups excluding carboxylic acids is 1. The fourth-order valence-electron chi connectivity index (χ4n) is 3.59. The van der Waals surface area contributed by atoms with E-state index in [1.54, 1.807) is 7.11 Å². The van der Waals surface area contributed by atoms with Crippen LogP contribution in [0.2, 0.25) is 0 Å². The van der Waals surface area contributed by atoms with Crippen LogP contribution in [0.3, 0.4) is 0 Å². The van der Waals surface area contributed by atoms with Crippen molar-refractivity contribution in [3.8, 4) is 5.75 Å². The summed E-state index contributed by atoms with van der Waals surface area (Å²) in [6.07, 6.45) is 4.97. The summed E-state index contributed by atoms with van der Waals surface area (Å²) in [5.41, 5.74) is 3.02. The van der Waals surface area contributed by atoms with Crippen molar-refractivity contribution >= 4 is 22.4 Å². The fourth-order valence-corrected chi connectivity index (χ4v) is 5.05. The Morgan fingerprint density at radius 2 is 1.87 bits per heavy atom. The Kier molecular flexibility index (Phi) is 8.90. The molecule has 30 heavy (non-hydrogen) atoms. The molecule has 0 saturated carbocycles. The molecule has 2 aromatic carbocycles. The zero-order valence-corrected chi connectivity index (χ0v) is 18.4. The molecule has 2 aromatic rings. The van der Waals surface area contributed by atoms with Gasteiger partial charge in [0.1, 0.15) is 5.75 Å². The summed E-state index contributed by atoms with van der Waals surface area (Å²) in [4.78, 5) is 12.3. The number of nitrogens with one attached hydrogen (secondary N) is 1. The summed E-state index contributed by atoms with van der Waals surface area (Å²) in [6.45, 7) is 1.40. The van der Waals surface area contributed by atoms with Gasteiger partial charge >= 0.3 is 0 Å². The van der Waals surface area contributed by atoms with Crippen molar-refractivity contribution in [1.82, 2.24) is 0 Å². The molecule has 1 heterocycles. The summed E-state index contributed by atoms with van der Waals surface area (Å²) in [7, 11) is 0.756. The van der Waals surface area contributed by atoms with Crippen LogP contribution in [0, 0.1) is 0 Å². The SMILES string of the molecule is COc1ccc(CCCCC(=O)Nc2cccc(CS(=O)C3CCOCC3)c2)cc1. The lowest BCUT2D eigenvalue weighted by Crippen LogP contribution is -2.25. The summed E-state index contributed by atoms with van der Waals surface area (Å²) in [5, 5.41) is 3.19. The summed E-state index contributed by atoms with van der Waals surface area (Å²) < 4.78 is 23.1. The van der Waals surface area contributed by atoms with Crippen LogP contribution < -0.4 is 10.1 Å². The third-order valence-corrected chi connectivity index (χ3v) is 7.17. The van der Waals surface area contributed by atoms with E-state index in [9.17, 15) is 9.00 Å². The maximum absolute atomic E-state index is 12.6. The standard InChI is InChI=1S/C24H31NO4S/c1-28-22-11-9-19(10-12-22)5-2-3-8-24(26)25-21-7-4-6-20(17-21)18-30(27)23-13-15-29-16-14-23/h4,6-7,9-12,17,23H,2-3,5,8,13-16,18H2,1H3,(H,25,26). The second-order valence-corrected chi connectivity index (χ2v) is 9.36. The molecule has 1 N–H and O–H groups in total. The number of unbranched alkanes of at least 4 members (excludes halogenated alkanes) is 1. The maximum atomic E-state index is 12.6. The lowest BCUT2D eigenvalue weighted by molar-refractivity contribution is -0.116. The highest BCUT2D eigenvalue weighted by Crippen LogP contribution is 2.19. The second-order valence-electron chi connectivity index (χ2n) is 7.64. The topological polar surface area (TPSA) is 64.6 Å². The minimum absolute atomic E-state index is 0.0208. The van der Waals surface area contributed by atoms with Gasteiger partial charge in [0, 0.05) is 47.1 Å². The zero-order chi connectivity index (χ0) is 21.2. The highest BCUT2D eigenvalue weighted by Gasteiger charge is 2.20. The molecule has 1 saturated heterocycles. The Labute approximate surface area is 181 Å². The summed E-state index contributed by atoms with van der Waals surface area (Å²) in [5.74, 6) is 1.40. The second kappa shape index (κ2) is 11.9. The van der Waals surface area contributed by atoms with Gasteiger partial charge in [0.15, 0.2) is 0 Å². The van der Waals surface area contributed by atoms with Gasteiger partial charge in [0.25, 0.3) is 0 Å². The first-order chi connectivity index (χ1) is 14.6. The van der Waals surface area contributed by atoms with E-state index in [0.717, 1.165) is 49.1 Å². The van der Waals surface area contributed by atoms with Crippen LogP contribution >= 0.6 is 0 Å². The number of carbonyl (C=O) groups is 1. The number of amides is 1. The van der Waals surface area contributed by atoms with Crippen LogP contribution in [0.5, 0.6) is 5.75 Å². The van der Waals surface area contributed by atoms with Crippen molar-refractivity contribution in [2.24, 2.45) is 0 Å². The van der Waals surface area contributed by atoms with Gasteiger partial charge in [0.05, 0.1) is 7.11 Å². The Morgan fingerprint density at radius 3 is 2.60 bits per heavy atom. The molecule has 1 amide bonds. The van der Waals surface area contributed by atoms with E-state index in [1.165, 1.54) is 5.56 Å². The third-order valence-electron chi connectivity index (χ3n) is 5.34. The smallest absolute Gasteiger partial charge is 0.224 e. The number of aryl methyl sites for hydroxylation is 1. The Bertz CT molecular complexity index is 831. The van der Waals surface area contributed by atoms with Gasteiger partial charge in [-0.05, 0) is 67.5 Å². The predicted octanol–water partition coefficient (Wildman–Crippen LogP) is 4.47. The Balaban J connectivity index is 1.40. The molecular formula is C24H31NO4S. The maximum Gasteiger partial charge on any atom is 0.224 e. The first-order valence-electron chi connectivity index (χ1n) is 10.6. The average molecular weight is 430 g/mol. The van der Waals surface area contributed by atoms with E-state index in [-0.39, 0.29) is 11.2 Å². The van der Waals surface area contributed by atoms with Gasteiger partial charge in [-0.15, -0.1) is 0 Å². The van der Waals surface area contributed by atoms with E-state index in [2.05, 4.69) is 17.4 Å². The van der Waals surface area contributed by atoms with E-state index < -0.39 is 10.8 Å². The van der Waals surface area contributed by atoms with E-state index in [4.69, 9.17) is 9.47 Å². The summed E-state index contributed by atoms with van der Waals surface area (Å²) in [6, 6.07) is 15.8. The highest BCUT2D eigenvalue weighted by atomic mass is 32.2. The lowest BCUT2D eigenvalue weighted by atomic mass is 10.1. The van der Waals surface area contributed by atoms with Crippen LogP contribution in [0.1, 0.15) is 43.2 Å². The molecule has 1 aliphatic heterocycles. The zero-order valence-electron chi connectivity index (χ0n) is 17.6. The van der Waals surface area contributed by atoms with E-state index in [0.29, 0.717) is 25.4 Å². The number of hydrogen-bond donors (Lipinski definition) is 1. The molecule has 0 radical (unpaired) electrons. The highest BCUT2D eigenvalue weighted by molar-refractivity contribution is 7.84. The molecule has 0 aromatic heterocycles. The number of rotatable bonds is 10. The van der Waals surface area contributed by atoms with E-state index in [1.807, 2.05) is 36.4 Å². The molecule has 1 unspecified atom stereocenters. The number of anilines is 1. The fraction of sp³-hybridized carbons (Fsp3) is 0.458. The Morgan fingerprint density at radius 1 is 1.10 bits per heavy atom. The predicted molar refractivity (Wildman–Crippen MR) is 121 cm³/mol. The number of ether oxygens (including phenoxy) is 2. The molecular weight excluding hydrogens is 398 g/mol. The van der Waals surface area contributed by atoms with Crippen molar-refractivity contribution < 1.29 is 18.5 Å². The minimum Gasteiger partial charge on any atom is -0.497 e. The van der Waals surface area contributed by atoms with Gasteiger partial charge < -0.3 is 14.8 Å². The minimum atomic E-state index is -0.906. The molecule has 6 heteroatoms. The lowest BCUT2D eigenvalue weighted by Gasteiger charge is -2.21. The van der Waals surface area contributed by atoms with Gasteiger partial charge in [0.2, 0.25) is 5.91 Å². The van der Waals surface area contributed by atoms with Gasteiger partial charge in [-0.25, -0.2) is 0 Å². The van der Waals surface area contributed by atoms with E-state index >= 15 is 0 Å².